The molecule has 2 rings (SSSR count). The van der Waals surface area contributed by atoms with Crippen LogP contribution in [0.15, 0.2) is 15.7 Å². The molecular weight excluding hydrogens is 226 g/mol. The molecule has 0 aliphatic carbocycles. The third kappa shape index (κ3) is 1.46. The highest BCUT2D eigenvalue weighted by molar-refractivity contribution is 5.96. The van der Waals surface area contributed by atoms with Gasteiger partial charge in [0, 0.05) is 14.1 Å². The molecule has 4 N–H and O–H groups in total. The van der Waals surface area contributed by atoms with Crippen molar-refractivity contribution in [3.63, 3.8) is 0 Å². The lowest BCUT2D eigenvalue weighted by Gasteiger charge is -2.02. The van der Waals surface area contributed by atoms with Crippen LogP contribution in [0.3, 0.4) is 0 Å². The van der Waals surface area contributed by atoms with Gasteiger partial charge in [-0.05, 0) is 6.07 Å². The number of nitrogen functional groups attached to an aromatic ring is 1. The van der Waals surface area contributed by atoms with Gasteiger partial charge in [0.2, 0.25) is 0 Å². The number of carbonyl (C=O) groups excluding carboxylic acids is 1. The number of nitrogens with two attached hydrogens (primary N) is 1. The summed E-state index contributed by atoms with van der Waals surface area (Å²) in [6.07, 6.45) is 0. The van der Waals surface area contributed by atoms with Gasteiger partial charge in [-0.3, -0.25) is 24.1 Å². The summed E-state index contributed by atoms with van der Waals surface area (Å²) in [6.45, 7) is 0. The number of aromatic amines is 1. The number of carbonyl (C=O) groups is 1. The number of H-pyrrole nitrogens is 1. The number of hydrogen-bond donors (Lipinski definition) is 3. The van der Waals surface area contributed by atoms with Gasteiger partial charge in [-0.2, -0.15) is 0 Å². The molecule has 2 aromatic rings. The van der Waals surface area contributed by atoms with Crippen molar-refractivity contribution in [3.05, 3.63) is 32.6 Å². The summed E-state index contributed by atoms with van der Waals surface area (Å²) in [4.78, 5) is 37.4. The minimum absolute atomic E-state index is 0.126. The van der Waals surface area contributed by atoms with Crippen LogP contribution in [0.25, 0.3) is 11.0 Å². The minimum Gasteiger partial charge on any atom is -0.336 e. The van der Waals surface area contributed by atoms with Crippen LogP contribution >= 0.6 is 0 Å². The first kappa shape index (κ1) is 11.1. The summed E-state index contributed by atoms with van der Waals surface area (Å²) < 4.78 is 2.23. The number of amides is 1. The molecular formula is C9H11N5O3. The summed E-state index contributed by atoms with van der Waals surface area (Å²) in [5.41, 5.74) is 1.43. The Kier molecular flexibility index (Phi) is 2.36. The zero-order valence-corrected chi connectivity index (χ0v) is 9.27. The van der Waals surface area contributed by atoms with Gasteiger partial charge < -0.3 is 4.98 Å². The Labute approximate surface area is 94.6 Å². The van der Waals surface area contributed by atoms with Crippen molar-refractivity contribution in [2.45, 2.75) is 0 Å². The molecule has 0 unspecified atom stereocenters. The topological polar surface area (TPSA) is 115 Å². The molecule has 0 saturated heterocycles. The highest BCUT2D eigenvalue weighted by Crippen LogP contribution is 2.08. The second-order valence-corrected chi connectivity index (χ2v) is 3.62. The average Bonchev–Trinajstić information content (AvgIpc) is 2.77. The van der Waals surface area contributed by atoms with E-state index in [4.69, 9.17) is 5.84 Å². The zero-order valence-electron chi connectivity index (χ0n) is 9.27. The number of fused-ring (bicyclic) bond motifs is 1. The molecule has 0 aromatic carbocycles. The van der Waals surface area contributed by atoms with E-state index in [1.807, 2.05) is 5.43 Å². The van der Waals surface area contributed by atoms with Gasteiger partial charge in [0.1, 0.15) is 11.3 Å². The van der Waals surface area contributed by atoms with E-state index < -0.39 is 17.2 Å². The van der Waals surface area contributed by atoms with E-state index in [1.54, 1.807) is 0 Å². The number of rotatable bonds is 1. The van der Waals surface area contributed by atoms with E-state index >= 15 is 0 Å². The van der Waals surface area contributed by atoms with Gasteiger partial charge in [0.25, 0.3) is 11.5 Å². The lowest BCUT2D eigenvalue weighted by Crippen LogP contribution is -2.36. The molecule has 0 spiro atoms. The predicted molar refractivity (Wildman–Crippen MR) is 60.4 cm³/mol. The molecule has 0 radical (unpaired) electrons. The molecule has 0 atom stereocenters. The van der Waals surface area contributed by atoms with E-state index in [0.29, 0.717) is 0 Å². The molecule has 1 amide bonds. The van der Waals surface area contributed by atoms with Gasteiger partial charge in [0.05, 0.1) is 5.39 Å². The fourth-order valence-electron chi connectivity index (χ4n) is 1.66. The maximum Gasteiger partial charge on any atom is 0.332 e. The number of nitrogens with zero attached hydrogens (tertiary/aromatic N) is 2. The smallest absolute Gasteiger partial charge is 0.332 e. The van der Waals surface area contributed by atoms with Crippen LogP contribution in [0.4, 0.5) is 0 Å². The van der Waals surface area contributed by atoms with Crippen LogP contribution in [0, 0.1) is 0 Å². The lowest BCUT2D eigenvalue weighted by molar-refractivity contribution is 0.0949. The second kappa shape index (κ2) is 3.59. The Morgan fingerprint density at radius 3 is 2.59 bits per heavy atom. The summed E-state index contributed by atoms with van der Waals surface area (Å²) in [7, 11) is 2.88. The van der Waals surface area contributed by atoms with E-state index in [1.165, 1.54) is 24.7 Å². The number of aryl methyl sites for hydroxylation is 1. The number of nitrogens with one attached hydrogen (secondary N) is 2. The van der Waals surface area contributed by atoms with Gasteiger partial charge in [-0.1, -0.05) is 0 Å². The quantitative estimate of drug-likeness (QED) is 0.307. The van der Waals surface area contributed by atoms with Crippen molar-refractivity contribution in [1.29, 1.82) is 0 Å². The first-order valence-electron chi connectivity index (χ1n) is 4.77. The van der Waals surface area contributed by atoms with Gasteiger partial charge >= 0.3 is 5.69 Å². The highest BCUT2D eigenvalue weighted by atomic mass is 16.2. The maximum absolute atomic E-state index is 11.8. The fourth-order valence-corrected chi connectivity index (χ4v) is 1.66. The highest BCUT2D eigenvalue weighted by Gasteiger charge is 2.14. The van der Waals surface area contributed by atoms with Crippen molar-refractivity contribution in [1.82, 2.24) is 19.5 Å². The first-order chi connectivity index (χ1) is 7.97. The van der Waals surface area contributed by atoms with Crippen LogP contribution in [-0.2, 0) is 14.1 Å². The summed E-state index contributed by atoms with van der Waals surface area (Å²) in [5, 5.41) is 0.258. The number of hydrogen-bond acceptors (Lipinski definition) is 4. The van der Waals surface area contributed by atoms with E-state index in [9.17, 15) is 14.4 Å². The van der Waals surface area contributed by atoms with Crippen molar-refractivity contribution in [2.24, 2.45) is 19.9 Å². The first-order valence-corrected chi connectivity index (χ1v) is 4.77. The summed E-state index contributed by atoms with van der Waals surface area (Å²) >= 11 is 0. The summed E-state index contributed by atoms with van der Waals surface area (Å²) in [6, 6.07) is 1.36. The van der Waals surface area contributed by atoms with Crippen LogP contribution in [-0.4, -0.2) is 20.0 Å². The zero-order chi connectivity index (χ0) is 12.7. The molecule has 0 bridgehead atoms. The lowest BCUT2D eigenvalue weighted by atomic mass is 10.3. The summed E-state index contributed by atoms with van der Waals surface area (Å²) in [5.74, 6) is 4.43. The van der Waals surface area contributed by atoms with Crippen molar-refractivity contribution >= 4 is 16.9 Å². The van der Waals surface area contributed by atoms with Crippen molar-refractivity contribution in [3.8, 4) is 0 Å². The van der Waals surface area contributed by atoms with Crippen LogP contribution in [0.5, 0.6) is 0 Å². The molecule has 90 valence electrons. The van der Waals surface area contributed by atoms with Gasteiger partial charge in [0.15, 0.2) is 0 Å². The Bertz CT molecular complexity index is 721. The molecule has 0 aliphatic heterocycles. The average molecular weight is 237 g/mol. The maximum atomic E-state index is 11.8. The molecule has 2 aromatic heterocycles. The SMILES string of the molecule is Cn1c(=O)c2cc(C(=O)NN)[nH]c2n(C)c1=O. The molecule has 17 heavy (non-hydrogen) atoms. The minimum atomic E-state index is -0.560. The Morgan fingerprint density at radius 2 is 2.00 bits per heavy atom. The predicted octanol–water partition coefficient (Wildman–Crippen LogP) is -1.83. The molecule has 2 heterocycles. The molecule has 0 saturated carbocycles. The Morgan fingerprint density at radius 1 is 1.35 bits per heavy atom. The van der Waals surface area contributed by atoms with Crippen LogP contribution in [0.2, 0.25) is 0 Å². The van der Waals surface area contributed by atoms with E-state index in [0.717, 1.165) is 4.57 Å². The van der Waals surface area contributed by atoms with Crippen LogP contribution < -0.4 is 22.5 Å². The number of aromatic nitrogens is 3. The van der Waals surface area contributed by atoms with E-state index in [2.05, 4.69) is 4.98 Å². The third-order valence-electron chi connectivity index (χ3n) is 2.62. The van der Waals surface area contributed by atoms with Gasteiger partial charge in [-0.25, -0.2) is 10.6 Å². The monoisotopic (exact) mass is 237 g/mol. The third-order valence-corrected chi connectivity index (χ3v) is 2.62. The standard InChI is InChI=1S/C9H11N5O3/c1-13-6-4(8(16)14(2)9(13)17)3-5(11-6)7(15)12-10/h3,11H,10H2,1-2H3,(H,12,15). The Hall–Kier alpha value is -2.35. The van der Waals surface area contributed by atoms with Crippen LogP contribution in [0.1, 0.15) is 10.5 Å². The molecule has 8 heteroatoms. The molecule has 0 fully saturated rings. The Balaban J connectivity index is 2.91. The number of hydrazine groups is 1. The fraction of sp³-hybridized carbons (Fsp3) is 0.222. The van der Waals surface area contributed by atoms with Crippen molar-refractivity contribution < 1.29 is 4.79 Å². The van der Waals surface area contributed by atoms with Crippen molar-refractivity contribution in [2.75, 3.05) is 0 Å². The van der Waals surface area contributed by atoms with E-state index in [-0.39, 0.29) is 16.7 Å². The van der Waals surface area contributed by atoms with Gasteiger partial charge in [-0.15, -0.1) is 0 Å². The largest absolute Gasteiger partial charge is 0.336 e. The molecule has 0 aliphatic rings. The second-order valence-electron chi connectivity index (χ2n) is 3.62. The normalized spacial score (nSPS) is 10.8. The molecule has 8 nitrogen and oxygen atoms in total.